The van der Waals surface area contributed by atoms with Gasteiger partial charge < -0.3 is 5.32 Å². The lowest BCUT2D eigenvalue weighted by atomic mass is 10.2. The van der Waals surface area contributed by atoms with Gasteiger partial charge >= 0.3 is 0 Å². The molecule has 0 atom stereocenters. The molecule has 2 aromatic carbocycles. The maximum absolute atomic E-state index is 12.2. The molecule has 1 aromatic heterocycles. The first-order valence-electron chi connectivity index (χ1n) is 8.67. The summed E-state index contributed by atoms with van der Waals surface area (Å²) >= 11 is 6.14. The van der Waals surface area contributed by atoms with Crippen LogP contribution in [0.3, 0.4) is 0 Å². The Morgan fingerprint density at radius 3 is 2.57 bits per heavy atom. The maximum Gasteiger partial charge on any atom is 0.272 e. The molecule has 0 spiro atoms. The van der Waals surface area contributed by atoms with Crippen molar-refractivity contribution >= 4 is 29.1 Å². The zero-order valence-corrected chi connectivity index (χ0v) is 16.0. The van der Waals surface area contributed by atoms with Crippen molar-refractivity contribution in [2.45, 2.75) is 13.5 Å². The summed E-state index contributed by atoms with van der Waals surface area (Å²) < 4.78 is 1.61. The number of hydrazine groups is 1. The molecule has 28 heavy (non-hydrogen) atoms. The predicted octanol–water partition coefficient (Wildman–Crippen LogP) is 2.77. The quantitative estimate of drug-likeness (QED) is 0.558. The summed E-state index contributed by atoms with van der Waals surface area (Å²) in [5.74, 6) is -0.813. The molecule has 0 saturated heterocycles. The van der Waals surface area contributed by atoms with E-state index in [0.717, 1.165) is 16.8 Å². The number of nitrogens with zero attached hydrogens (tertiary/aromatic N) is 2. The van der Waals surface area contributed by atoms with Gasteiger partial charge in [-0.3, -0.25) is 25.1 Å². The number of carbonyl (C=O) groups is 2. The largest absolute Gasteiger partial charge is 0.376 e. The number of hydrogen-bond donors (Lipinski definition) is 3. The second-order valence-corrected chi connectivity index (χ2v) is 6.65. The zero-order chi connectivity index (χ0) is 19.9. The molecule has 144 valence electrons. The van der Waals surface area contributed by atoms with Crippen molar-refractivity contribution in [2.24, 2.45) is 0 Å². The minimum atomic E-state index is -0.450. The van der Waals surface area contributed by atoms with Gasteiger partial charge in [-0.25, -0.2) is 0 Å². The Hall–Kier alpha value is -3.32. The first kappa shape index (κ1) is 19.4. The summed E-state index contributed by atoms with van der Waals surface area (Å²) in [6.45, 7) is 2.47. The number of benzene rings is 2. The molecule has 1 heterocycles. The van der Waals surface area contributed by atoms with E-state index in [4.69, 9.17) is 11.6 Å². The van der Waals surface area contributed by atoms with Crippen molar-refractivity contribution in [2.75, 3.05) is 11.9 Å². The first-order valence-corrected chi connectivity index (χ1v) is 9.04. The Kier molecular flexibility index (Phi) is 6.29. The van der Waals surface area contributed by atoms with Gasteiger partial charge in [0.1, 0.15) is 0 Å². The van der Waals surface area contributed by atoms with Gasteiger partial charge in [-0.2, -0.15) is 5.10 Å². The molecule has 7 nitrogen and oxygen atoms in total. The molecule has 0 bridgehead atoms. The van der Waals surface area contributed by atoms with Gasteiger partial charge in [0.15, 0.2) is 0 Å². The summed E-state index contributed by atoms with van der Waals surface area (Å²) in [4.78, 5) is 24.0. The third-order valence-electron chi connectivity index (χ3n) is 4.01. The first-order chi connectivity index (χ1) is 13.5. The number of nitrogens with one attached hydrogen (secondary N) is 3. The van der Waals surface area contributed by atoms with Gasteiger partial charge in [-0.15, -0.1) is 0 Å². The smallest absolute Gasteiger partial charge is 0.272 e. The van der Waals surface area contributed by atoms with E-state index >= 15 is 0 Å². The van der Waals surface area contributed by atoms with Gasteiger partial charge in [0.2, 0.25) is 0 Å². The lowest BCUT2D eigenvalue weighted by Crippen LogP contribution is -2.44. The Bertz CT molecular complexity index is 969. The predicted molar refractivity (Wildman–Crippen MR) is 108 cm³/mol. The highest BCUT2D eigenvalue weighted by atomic mass is 35.5. The lowest BCUT2D eigenvalue weighted by molar-refractivity contribution is -0.120. The van der Waals surface area contributed by atoms with Crippen LogP contribution >= 0.6 is 11.6 Å². The van der Waals surface area contributed by atoms with Crippen LogP contribution in [0.2, 0.25) is 5.02 Å². The number of rotatable bonds is 6. The van der Waals surface area contributed by atoms with E-state index in [1.165, 1.54) is 6.20 Å². The van der Waals surface area contributed by atoms with Crippen molar-refractivity contribution in [1.29, 1.82) is 0 Å². The molecule has 0 aliphatic rings. The fraction of sp³-hybridized carbons (Fsp3) is 0.150. The molecule has 2 amide bonds. The Morgan fingerprint density at radius 2 is 1.82 bits per heavy atom. The molecular formula is C20H20ClN5O2. The standard InChI is InChI=1S/C20H20ClN5O2/c1-14-6-8-17(9-7-14)22-11-19(27)24-25-20(28)16-10-23-26(13-16)12-15-4-2-3-5-18(15)21/h2-10,13,22H,11-12H2,1H3,(H,24,27)(H,25,28). The minimum Gasteiger partial charge on any atom is -0.376 e. The number of hydrogen-bond acceptors (Lipinski definition) is 4. The Morgan fingerprint density at radius 1 is 1.07 bits per heavy atom. The lowest BCUT2D eigenvalue weighted by Gasteiger charge is -2.08. The molecule has 0 saturated carbocycles. The van der Waals surface area contributed by atoms with Crippen LogP contribution in [0.5, 0.6) is 0 Å². The third kappa shape index (κ3) is 5.34. The van der Waals surface area contributed by atoms with Crippen molar-refractivity contribution in [3.63, 3.8) is 0 Å². The van der Waals surface area contributed by atoms with Gasteiger partial charge in [-0.05, 0) is 30.7 Å². The maximum atomic E-state index is 12.2. The average Bonchev–Trinajstić information content (AvgIpc) is 3.16. The molecule has 3 rings (SSSR count). The summed E-state index contributed by atoms with van der Waals surface area (Å²) in [6, 6.07) is 15.1. The average molecular weight is 398 g/mol. The monoisotopic (exact) mass is 397 g/mol. The summed E-state index contributed by atoms with van der Waals surface area (Å²) in [5.41, 5.74) is 7.94. The SMILES string of the molecule is Cc1ccc(NCC(=O)NNC(=O)c2cnn(Cc3ccccc3Cl)c2)cc1. The second kappa shape index (κ2) is 9.05. The molecule has 8 heteroatoms. The van der Waals surface area contributed by atoms with Gasteiger partial charge in [0.25, 0.3) is 11.8 Å². The van der Waals surface area contributed by atoms with Crippen LogP contribution in [0.25, 0.3) is 0 Å². The van der Waals surface area contributed by atoms with Crippen LogP contribution in [0.4, 0.5) is 5.69 Å². The van der Waals surface area contributed by atoms with Crippen LogP contribution in [0.1, 0.15) is 21.5 Å². The van der Waals surface area contributed by atoms with E-state index in [9.17, 15) is 9.59 Å². The minimum absolute atomic E-state index is 0.0368. The van der Waals surface area contributed by atoms with Crippen LogP contribution in [-0.2, 0) is 11.3 Å². The summed E-state index contributed by atoms with van der Waals surface area (Å²) in [6.07, 6.45) is 3.03. The number of carbonyl (C=O) groups excluding carboxylic acids is 2. The molecule has 3 aromatic rings. The van der Waals surface area contributed by atoms with Gasteiger partial charge in [-0.1, -0.05) is 47.5 Å². The topological polar surface area (TPSA) is 88.1 Å². The zero-order valence-electron chi connectivity index (χ0n) is 15.3. The highest BCUT2D eigenvalue weighted by Crippen LogP contribution is 2.16. The molecule has 0 radical (unpaired) electrons. The van der Waals surface area contributed by atoms with Gasteiger partial charge in [0, 0.05) is 16.9 Å². The molecular weight excluding hydrogens is 378 g/mol. The van der Waals surface area contributed by atoms with Crippen molar-refractivity contribution in [3.8, 4) is 0 Å². The van der Waals surface area contributed by atoms with E-state index < -0.39 is 5.91 Å². The third-order valence-corrected chi connectivity index (χ3v) is 4.37. The molecule has 0 aliphatic carbocycles. The van der Waals surface area contributed by atoms with E-state index in [0.29, 0.717) is 17.1 Å². The summed E-state index contributed by atoms with van der Waals surface area (Å²) in [5, 5.41) is 7.77. The Labute approximate surface area is 167 Å². The van der Waals surface area contributed by atoms with Gasteiger partial charge in [0.05, 0.1) is 24.8 Å². The number of anilines is 1. The number of amides is 2. The van der Waals surface area contributed by atoms with Crippen LogP contribution in [0, 0.1) is 6.92 Å². The van der Waals surface area contributed by atoms with E-state index in [1.807, 2.05) is 49.4 Å². The number of aryl methyl sites for hydroxylation is 1. The van der Waals surface area contributed by atoms with E-state index in [1.54, 1.807) is 16.9 Å². The molecule has 0 unspecified atom stereocenters. The summed E-state index contributed by atoms with van der Waals surface area (Å²) in [7, 11) is 0. The number of aromatic nitrogens is 2. The highest BCUT2D eigenvalue weighted by Gasteiger charge is 2.11. The molecule has 0 fully saturated rings. The van der Waals surface area contributed by atoms with Crippen LogP contribution < -0.4 is 16.2 Å². The van der Waals surface area contributed by atoms with E-state index in [2.05, 4.69) is 21.3 Å². The molecule has 3 N–H and O–H groups in total. The van der Waals surface area contributed by atoms with E-state index in [-0.39, 0.29) is 12.5 Å². The number of halogens is 1. The normalized spacial score (nSPS) is 10.4. The highest BCUT2D eigenvalue weighted by molar-refractivity contribution is 6.31. The van der Waals surface area contributed by atoms with Crippen LogP contribution in [-0.4, -0.2) is 28.1 Å². The van der Waals surface area contributed by atoms with Crippen molar-refractivity contribution in [3.05, 3.63) is 82.6 Å². The fourth-order valence-corrected chi connectivity index (χ4v) is 2.66. The van der Waals surface area contributed by atoms with Crippen molar-refractivity contribution < 1.29 is 9.59 Å². The van der Waals surface area contributed by atoms with Crippen molar-refractivity contribution in [1.82, 2.24) is 20.6 Å². The second-order valence-electron chi connectivity index (χ2n) is 6.24. The Balaban J connectivity index is 1.47. The molecule has 0 aliphatic heterocycles. The fourth-order valence-electron chi connectivity index (χ4n) is 2.47. The van der Waals surface area contributed by atoms with Crippen LogP contribution in [0.15, 0.2) is 60.9 Å².